The van der Waals surface area contributed by atoms with Gasteiger partial charge < -0.3 is 15.4 Å². The normalized spacial score (nSPS) is 16.1. The minimum atomic E-state index is -4.70. The van der Waals surface area contributed by atoms with Crippen molar-refractivity contribution in [3.05, 3.63) is 52.0 Å². The zero-order valence-corrected chi connectivity index (χ0v) is 21.1. The first-order chi connectivity index (χ1) is 17.2. The number of anilines is 2. The van der Waals surface area contributed by atoms with Crippen LogP contribution < -0.4 is 10.6 Å². The Kier molecular flexibility index (Phi) is 6.79. The van der Waals surface area contributed by atoms with Gasteiger partial charge in [0.2, 0.25) is 5.95 Å². The quantitative estimate of drug-likeness (QED) is 0.421. The van der Waals surface area contributed by atoms with Crippen LogP contribution in [0, 0.1) is 0 Å². The van der Waals surface area contributed by atoms with Gasteiger partial charge in [0.15, 0.2) is 9.84 Å². The van der Waals surface area contributed by atoms with E-state index in [0.29, 0.717) is 5.92 Å². The molecule has 1 aromatic carbocycles. The number of ether oxygens (including phenoxy) is 1. The molecule has 1 aliphatic heterocycles. The minimum Gasteiger partial charge on any atom is -0.384 e. The predicted molar refractivity (Wildman–Crippen MR) is 131 cm³/mol. The van der Waals surface area contributed by atoms with Crippen LogP contribution in [-0.4, -0.2) is 44.4 Å². The summed E-state index contributed by atoms with van der Waals surface area (Å²) >= 11 is 0.900. The Labute approximate surface area is 211 Å². The van der Waals surface area contributed by atoms with Gasteiger partial charge in [-0.25, -0.2) is 18.4 Å². The maximum absolute atomic E-state index is 13.8. The van der Waals surface area contributed by atoms with Crippen LogP contribution in [0.3, 0.4) is 0 Å². The molecule has 2 aromatic heterocycles. The topological polar surface area (TPSA) is 93.2 Å². The molecule has 3 aromatic rings. The monoisotopic (exact) mass is 538 g/mol. The van der Waals surface area contributed by atoms with E-state index in [2.05, 4.69) is 32.7 Å². The van der Waals surface area contributed by atoms with E-state index in [1.807, 2.05) is 0 Å². The van der Waals surface area contributed by atoms with Crippen LogP contribution in [0.25, 0.3) is 10.6 Å². The predicted octanol–water partition coefficient (Wildman–Crippen LogP) is 4.91. The van der Waals surface area contributed by atoms with E-state index in [-0.39, 0.29) is 33.8 Å². The number of benzene rings is 1. The lowest BCUT2D eigenvalue weighted by molar-refractivity contribution is -0.137. The average Bonchev–Trinajstić information content (AvgIpc) is 3.56. The number of halogens is 3. The minimum absolute atomic E-state index is 0.0109. The smallest absolute Gasteiger partial charge is 0.384 e. The second-order valence-corrected chi connectivity index (χ2v) is 12.0. The van der Waals surface area contributed by atoms with Crippen molar-refractivity contribution < 1.29 is 26.3 Å². The Morgan fingerprint density at radius 3 is 2.75 bits per heavy atom. The molecule has 192 valence electrons. The zero-order chi connectivity index (χ0) is 25.5. The molecule has 5 rings (SSSR count). The lowest BCUT2D eigenvalue weighted by Gasteiger charge is -2.21. The Balaban J connectivity index is 1.52. The van der Waals surface area contributed by atoms with E-state index in [1.54, 1.807) is 0 Å². The van der Waals surface area contributed by atoms with Crippen LogP contribution in [0.5, 0.6) is 0 Å². The number of nitrogens with zero attached hydrogens (tertiary/aromatic N) is 2. The van der Waals surface area contributed by atoms with Crippen LogP contribution in [0.2, 0.25) is 0 Å². The summed E-state index contributed by atoms with van der Waals surface area (Å²) in [7, 11) is -2.31. The number of methoxy groups -OCH3 is 1. The molecular formula is C24H25F3N4O3S2. The van der Waals surface area contributed by atoms with Crippen LogP contribution in [0.15, 0.2) is 34.7 Å². The van der Waals surface area contributed by atoms with E-state index in [0.717, 1.165) is 61.1 Å². The van der Waals surface area contributed by atoms with E-state index < -0.39 is 21.6 Å². The number of fused-ring (bicyclic) bond motifs is 1. The average molecular weight is 539 g/mol. The summed E-state index contributed by atoms with van der Waals surface area (Å²) in [6, 6.07) is 5.46. The number of sulfone groups is 1. The SMILES string of the molecule is COCCS(=O)(=O)c1csc(-c2nc(Nc3cc4c(cc3C3CC3)CNCC4)ncc2C(F)(F)F)c1. The maximum atomic E-state index is 13.8. The van der Waals surface area contributed by atoms with Gasteiger partial charge >= 0.3 is 6.18 Å². The molecular weight excluding hydrogens is 513 g/mol. The molecule has 0 spiro atoms. The van der Waals surface area contributed by atoms with Gasteiger partial charge in [-0.15, -0.1) is 11.3 Å². The van der Waals surface area contributed by atoms with Crippen molar-refractivity contribution in [2.75, 3.05) is 31.3 Å². The number of hydrogen-bond acceptors (Lipinski definition) is 8. The van der Waals surface area contributed by atoms with E-state index >= 15 is 0 Å². The summed E-state index contributed by atoms with van der Waals surface area (Å²) < 4.78 is 71.3. The van der Waals surface area contributed by atoms with Gasteiger partial charge in [0.05, 0.1) is 27.8 Å². The molecule has 2 N–H and O–H groups in total. The Morgan fingerprint density at radius 2 is 2.03 bits per heavy atom. The zero-order valence-electron chi connectivity index (χ0n) is 19.5. The molecule has 7 nitrogen and oxygen atoms in total. The second-order valence-electron chi connectivity index (χ2n) is 8.95. The van der Waals surface area contributed by atoms with Crippen LogP contribution >= 0.6 is 11.3 Å². The highest BCUT2D eigenvalue weighted by atomic mass is 32.2. The number of nitrogens with one attached hydrogen (secondary N) is 2. The van der Waals surface area contributed by atoms with E-state index in [1.165, 1.54) is 29.7 Å². The van der Waals surface area contributed by atoms with Gasteiger partial charge in [-0.05, 0) is 60.5 Å². The highest BCUT2D eigenvalue weighted by Gasteiger charge is 2.36. The molecule has 12 heteroatoms. The van der Waals surface area contributed by atoms with Gasteiger partial charge in [0, 0.05) is 30.9 Å². The van der Waals surface area contributed by atoms with Gasteiger partial charge in [-0.1, -0.05) is 6.07 Å². The first kappa shape index (κ1) is 25.1. The molecule has 0 bridgehead atoms. The third-order valence-electron chi connectivity index (χ3n) is 6.34. The highest BCUT2D eigenvalue weighted by molar-refractivity contribution is 7.91. The molecule has 0 saturated heterocycles. The van der Waals surface area contributed by atoms with Crippen molar-refractivity contribution in [3.63, 3.8) is 0 Å². The number of alkyl halides is 3. The van der Waals surface area contributed by atoms with Crippen molar-refractivity contribution in [1.82, 2.24) is 15.3 Å². The summed E-state index contributed by atoms with van der Waals surface area (Å²) in [5, 5.41) is 7.86. The number of aromatic nitrogens is 2. The van der Waals surface area contributed by atoms with Crippen molar-refractivity contribution in [2.45, 2.75) is 42.8 Å². The fourth-order valence-electron chi connectivity index (χ4n) is 4.27. The summed E-state index contributed by atoms with van der Waals surface area (Å²) in [5.74, 6) is 0.178. The van der Waals surface area contributed by atoms with E-state index in [9.17, 15) is 21.6 Å². The first-order valence-corrected chi connectivity index (χ1v) is 14.1. The summed E-state index contributed by atoms with van der Waals surface area (Å²) in [6.45, 7) is 1.65. The molecule has 2 aliphatic rings. The van der Waals surface area contributed by atoms with Gasteiger partial charge in [-0.2, -0.15) is 13.2 Å². The molecule has 1 saturated carbocycles. The molecule has 0 atom stereocenters. The van der Waals surface area contributed by atoms with Gasteiger partial charge in [-0.3, -0.25) is 0 Å². The lowest BCUT2D eigenvalue weighted by Crippen LogP contribution is -2.24. The molecule has 36 heavy (non-hydrogen) atoms. The largest absolute Gasteiger partial charge is 0.420 e. The highest BCUT2D eigenvalue weighted by Crippen LogP contribution is 2.45. The molecule has 0 amide bonds. The van der Waals surface area contributed by atoms with Crippen molar-refractivity contribution in [1.29, 1.82) is 0 Å². The Morgan fingerprint density at radius 1 is 1.22 bits per heavy atom. The third-order valence-corrected chi connectivity index (χ3v) is 9.08. The number of rotatable bonds is 8. The second kappa shape index (κ2) is 9.73. The van der Waals surface area contributed by atoms with Crippen LogP contribution in [0.4, 0.5) is 24.8 Å². The molecule has 1 fully saturated rings. The van der Waals surface area contributed by atoms with Crippen LogP contribution in [0.1, 0.15) is 41.0 Å². The maximum Gasteiger partial charge on any atom is 0.420 e. The van der Waals surface area contributed by atoms with Crippen molar-refractivity contribution in [2.24, 2.45) is 0 Å². The molecule has 1 aliphatic carbocycles. The van der Waals surface area contributed by atoms with E-state index in [4.69, 9.17) is 4.74 Å². The van der Waals surface area contributed by atoms with Gasteiger partial charge in [0.25, 0.3) is 0 Å². The van der Waals surface area contributed by atoms with Crippen molar-refractivity contribution >= 4 is 32.8 Å². The Bertz CT molecular complexity index is 1390. The number of hydrogen-bond donors (Lipinski definition) is 2. The fourth-order valence-corrected chi connectivity index (χ4v) is 6.76. The first-order valence-electron chi connectivity index (χ1n) is 11.5. The number of thiophene rings is 1. The summed E-state index contributed by atoms with van der Waals surface area (Å²) in [5.41, 5.74) is 2.98. The summed E-state index contributed by atoms with van der Waals surface area (Å²) in [4.78, 5) is 8.25. The lowest BCUT2D eigenvalue weighted by atomic mass is 9.95. The van der Waals surface area contributed by atoms with Crippen molar-refractivity contribution in [3.8, 4) is 10.6 Å². The van der Waals surface area contributed by atoms with Crippen LogP contribution in [-0.2, 0) is 33.7 Å². The molecule has 3 heterocycles. The molecule has 0 unspecified atom stereocenters. The Hall–Kier alpha value is -2.54. The standard InChI is InChI=1S/C24H25F3N4O3S2/c1-34-6-7-36(32,33)17-10-21(35-13-17)22-19(24(25,26)27)12-29-23(31-22)30-20-9-15-4-5-28-11-16(15)8-18(20)14-2-3-14/h8-10,12-14,28H,2-7,11H2,1H3,(H,29,30,31). The summed E-state index contributed by atoms with van der Waals surface area (Å²) in [6.07, 6.45) is -0.956. The fraction of sp³-hybridized carbons (Fsp3) is 0.417. The van der Waals surface area contributed by atoms with Gasteiger partial charge in [0.1, 0.15) is 5.56 Å². The molecule has 0 radical (unpaired) electrons. The third kappa shape index (κ3) is 5.26.